The van der Waals surface area contributed by atoms with Crippen molar-refractivity contribution in [2.24, 2.45) is 0 Å². The highest BCUT2D eigenvalue weighted by atomic mass is 16.2. The summed E-state index contributed by atoms with van der Waals surface area (Å²) in [6.07, 6.45) is 5.53. The van der Waals surface area contributed by atoms with E-state index < -0.39 is 0 Å². The third-order valence-corrected chi connectivity index (χ3v) is 8.35. The molecule has 2 aromatic heterocycles. The summed E-state index contributed by atoms with van der Waals surface area (Å²) in [7, 11) is 2.08. The lowest BCUT2D eigenvalue weighted by Crippen LogP contribution is -2.47. The Labute approximate surface area is 277 Å². The van der Waals surface area contributed by atoms with Crippen LogP contribution in [0.4, 0.5) is 17.2 Å². The topological polar surface area (TPSA) is 94.9 Å². The molecule has 3 heterocycles. The maximum atomic E-state index is 13.2. The Hall–Kier alpha value is -5.02. The van der Waals surface area contributed by atoms with Crippen LogP contribution in [-0.4, -0.2) is 69.2 Å². The van der Waals surface area contributed by atoms with Crippen molar-refractivity contribution in [1.82, 2.24) is 24.2 Å². The van der Waals surface area contributed by atoms with Gasteiger partial charge in [-0.2, -0.15) is 0 Å². The summed E-state index contributed by atoms with van der Waals surface area (Å²) in [6.45, 7) is 15.7. The molecule has 0 aliphatic carbocycles. The van der Waals surface area contributed by atoms with E-state index in [-0.39, 0.29) is 17.2 Å². The summed E-state index contributed by atoms with van der Waals surface area (Å²) in [6, 6.07) is 21.2. The van der Waals surface area contributed by atoms with E-state index in [9.17, 15) is 9.59 Å². The molecule has 0 saturated carbocycles. The van der Waals surface area contributed by atoms with Gasteiger partial charge in [-0.05, 0) is 73.0 Å². The lowest BCUT2D eigenvalue weighted by molar-refractivity contribution is 0.0664. The van der Waals surface area contributed by atoms with Crippen LogP contribution in [0.5, 0.6) is 0 Å². The first-order chi connectivity index (χ1) is 22.5. The van der Waals surface area contributed by atoms with Crippen molar-refractivity contribution >= 4 is 34.7 Å². The van der Waals surface area contributed by atoms with Crippen molar-refractivity contribution in [3.8, 4) is 11.3 Å². The first-order valence-electron chi connectivity index (χ1n) is 16.3. The van der Waals surface area contributed by atoms with Crippen LogP contribution in [0.25, 0.3) is 16.9 Å². The minimum atomic E-state index is -0.161. The van der Waals surface area contributed by atoms with Gasteiger partial charge in [-0.1, -0.05) is 58.9 Å². The molecular formula is C38H45N7O2. The van der Waals surface area contributed by atoms with Crippen molar-refractivity contribution in [1.29, 1.82) is 0 Å². The smallest absolute Gasteiger partial charge is 0.255 e. The number of amides is 2. The normalized spacial score (nSPS) is 13.6. The summed E-state index contributed by atoms with van der Waals surface area (Å²) in [5.74, 6) is 0.473. The number of hydrogen-bond acceptors (Lipinski definition) is 6. The predicted octanol–water partition coefficient (Wildman–Crippen LogP) is 7.41. The Morgan fingerprint density at radius 2 is 1.51 bits per heavy atom. The van der Waals surface area contributed by atoms with E-state index in [4.69, 9.17) is 4.98 Å². The van der Waals surface area contributed by atoms with E-state index in [0.717, 1.165) is 54.4 Å². The van der Waals surface area contributed by atoms with Gasteiger partial charge in [-0.25, -0.2) is 9.97 Å². The Morgan fingerprint density at radius 1 is 0.851 bits per heavy atom. The lowest BCUT2D eigenvalue weighted by atomic mass is 9.86. The van der Waals surface area contributed by atoms with Crippen LogP contribution in [0.3, 0.4) is 0 Å². The molecule has 47 heavy (non-hydrogen) atoms. The molecule has 9 nitrogen and oxygen atoms in total. The van der Waals surface area contributed by atoms with E-state index in [2.05, 4.69) is 48.3 Å². The monoisotopic (exact) mass is 631 g/mol. The summed E-state index contributed by atoms with van der Waals surface area (Å²) >= 11 is 0. The molecule has 2 amide bonds. The van der Waals surface area contributed by atoms with Gasteiger partial charge in [0.05, 0.1) is 5.69 Å². The van der Waals surface area contributed by atoms with Gasteiger partial charge >= 0.3 is 0 Å². The highest BCUT2D eigenvalue weighted by Crippen LogP contribution is 2.29. The second-order valence-electron chi connectivity index (χ2n) is 12.7. The fourth-order valence-corrected chi connectivity index (χ4v) is 5.41. The van der Waals surface area contributed by atoms with Crippen molar-refractivity contribution in [2.45, 2.75) is 47.0 Å². The molecule has 9 heteroatoms. The van der Waals surface area contributed by atoms with Gasteiger partial charge in [0.2, 0.25) is 0 Å². The van der Waals surface area contributed by atoms with Gasteiger partial charge in [0, 0.05) is 72.8 Å². The van der Waals surface area contributed by atoms with Gasteiger partial charge in [0.15, 0.2) is 11.5 Å². The molecule has 1 aliphatic rings. The SMILES string of the molecule is CC.Cc1ccc(-c2cn3ccnc3c(Nc3ccc(C(=O)N4CCN(C)CC4)cc3)n2)cc1NC(=O)c1ccc(C(C)(C)C)cc1. The minimum Gasteiger partial charge on any atom is -0.337 e. The van der Waals surface area contributed by atoms with E-state index in [1.165, 1.54) is 5.56 Å². The van der Waals surface area contributed by atoms with Crippen molar-refractivity contribution < 1.29 is 9.59 Å². The standard InChI is InChI=1S/C36H39N7O2.C2H6/c1-24-6-7-27(22-30(24)40-34(44)25-8-12-28(13-9-25)36(2,3)4)31-23-43-17-16-37-33(43)32(39-31)38-29-14-10-26(11-15-29)35(45)42-20-18-41(5)19-21-42;1-2/h6-17,22-23H,18-21H2,1-5H3,(H,38,39)(H,40,44);1-2H3. The molecule has 0 unspecified atom stereocenters. The first-order valence-corrected chi connectivity index (χ1v) is 16.3. The van der Waals surface area contributed by atoms with E-state index >= 15 is 0 Å². The molecule has 1 fully saturated rings. The fraction of sp³-hybridized carbons (Fsp3) is 0.316. The van der Waals surface area contributed by atoms with Gasteiger partial charge in [0.25, 0.3) is 11.8 Å². The minimum absolute atomic E-state index is 0.0179. The zero-order chi connectivity index (χ0) is 33.7. The second-order valence-corrected chi connectivity index (χ2v) is 12.7. The zero-order valence-corrected chi connectivity index (χ0v) is 28.5. The molecule has 0 spiro atoms. The summed E-state index contributed by atoms with van der Waals surface area (Å²) < 4.78 is 1.92. The number of aromatic nitrogens is 3. The number of likely N-dealkylation sites (N-methyl/N-ethyl adjacent to an activating group) is 1. The van der Waals surface area contributed by atoms with E-state index in [1.54, 1.807) is 6.20 Å². The van der Waals surface area contributed by atoms with Gasteiger partial charge in [0.1, 0.15) is 0 Å². The maximum Gasteiger partial charge on any atom is 0.255 e. The van der Waals surface area contributed by atoms with Crippen molar-refractivity contribution in [2.75, 3.05) is 43.9 Å². The third-order valence-electron chi connectivity index (χ3n) is 8.35. The molecule has 0 radical (unpaired) electrons. The Balaban J connectivity index is 0.00000213. The van der Waals surface area contributed by atoms with Crippen LogP contribution in [0.1, 0.15) is 66.5 Å². The van der Waals surface area contributed by atoms with Gasteiger partial charge in [-0.15, -0.1) is 0 Å². The maximum absolute atomic E-state index is 13.2. The number of anilines is 3. The van der Waals surface area contributed by atoms with Crippen LogP contribution >= 0.6 is 0 Å². The zero-order valence-electron chi connectivity index (χ0n) is 28.5. The van der Waals surface area contributed by atoms with Crippen LogP contribution in [0.15, 0.2) is 85.3 Å². The molecule has 244 valence electrons. The molecule has 2 N–H and O–H groups in total. The number of carbonyl (C=O) groups is 2. The summed E-state index contributed by atoms with van der Waals surface area (Å²) in [5, 5.41) is 6.48. The van der Waals surface area contributed by atoms with Crippen LogP contribution in [0.2, 0.25) is 0 Å². The molecule has 0 bridgehead atoms. The Kier molecular flexibility index (Phi) is 10.1. The van der Waals surface area contributed by atoms with E-state index in [1.807, 2.05) is 109 Å². The largest absolute Gasteiger partial charge is 0.337 e. The number of nitrogens with one attached hydrogen (secondary N) is 2. The molecule has 1 saturated heterocycles. The molecule has 0 atom stereocenters. The molecule has 5 aromatic rings. The number of fused-ring (bicyclic) bond motifs is 1. The highest BCUT2D eigenvalue weighted by molar-refractivity contribution is 6.05. The third kappa shape index (κ3) is 7.69. The quantitative estimate of drug-likeness (QED) is 0.203. The van der Waals surface area contributed by atoms with Crippen LogP contribution < -0.4 is 10.6 Å². The summed E-state index contributed by atoms with van der Waals surface area (Å²) in [4.78, 5) is 39.7. The number of piperazine rings is 1. The predicted molar refractivity (Wildman–Crippen MR) is 191 cm³/mol. The van der Waals surface area contributed by atoms with Crippen molar-refractivity contribution in [3.05, 3.63) is 108 Å². The lowest BCUT2D eigenvalue weighted by Gasteiger charge is -2.32. The van der Waals surface area contributed by atoms with Crippen LogP contribution in [-0.2, 0) is 5.41 Å². The van der Waals surface area contributed by atoms with Crippen molar-refractivity contribution in [3.63, 3.8) is 0 Å². The van der Waals surface area contributed by atoms with E-state index in [0.29, 0.717) is 22.6 Å². The number of rotatable bonds is 6. The van der Waals surface area contributed by atoms with Crippen LogP contribution in [0, 0.1) is 6.92 Å². The number of hydrogen-bond donors (Lipinski definition) is 2. The average molecular weight is 632 g/mol. The van der Waals surface area contributed by atoms with Gasteiger partial charge in [-0.3, -0.25) is 9.59 Å². The average Bonchev–Trinajstić information content (AvgIpc) is 3.56. The Morgan fingerprint density at radius 3 is 2.17 bits per heavy atom. The number of carbonyl (C=O) groups excluding carboxylic acids is 2. The fourth-order valence-electron chi connectivity index (χ4n) is 5.41. The number of aryl methyl sites for hydroxylation is 1. The first kappa shape index (κ1) is 33.3. The molecular weight excluding hydrogens is 586 g/mol. The second kappa shape index (κ2) is 14.2. The Bertz CT molecular complexity index is 1850. The highest BCUT2D eigenvalue weighted by Gasteiger charge is 2.21. The number of nitrogens with zero attached hydrogens (tertiary/aromatic N) is 5. The molecule has 1 aliphatic heterocycles. The molecule has 6 rings (SSSR count). The number of benzene rings is 3. The molecule has 3 aromatic carbocycles. The van der Waals surface area contributed by atoms with Gasteiger partial charge < -0.3 is 24.8 Å². The summed E-state index contributed by atoms with van der Waals surface area (Å²) in [5.41, 5.74) is 7.18. The number of imidazole rings is 1.